The summed E-state index contributed by atoms with van der Waals surface area (Å²) in [4.78, 5) is 12.3. The van der Waals surface area contributed by atoms with Gasteiger partial charge in [0.25, 0.3) is 5.91 Å². The van der Waals surface area contributed by atoms with Crippen LogP contribution in [0.3, 0.4) is 0 Å². The number of aryl methyl sites for hydroxylation is 1. The van der Waals surface area contributed by atoms with Gasteiger partial charge >= 0.3 is 0 Å². The number of nitrogens with zero attached hydrogens (tertiary/aromatic N) is 2. The summed E-state index contributed by atoms with van der Waals surface area (Å²) < 4.78 is 1.75. The summed E-state index contributed by atoms with van der Waals surface area (Å²) in [5, 5.41) is 8.12. The number of hydrogen-bond acceptors (Lipinski definition) is 2. The van der Waals surface area contributed by atoms with E-state index in [-0.39, 0.29) is 5.91 Å². The number of amides is 1. The van der Waals surface area contributed by atoms with Crippen molar-refractivity contribution < 1.29 is 4.79 Å². The molecule has 1 aliphatic carbocycles. The predicted molar refractivity (Wildman–Crippen MR) is 83.0 cm³/mol. The second-order valence-corrected chi connectivity index (χ2v) is 5.95. The van der Waals surface area contributed by atoms with Crippen LogP contribution < -0.4 is 5.32 Å². The molecule has 0 saturated heterocycles. The molecule has 0 spiro atoms. The van der Waals surface area contributed by atoms with Gasteiger partial charge in [-0.3, -0.25) is 4.79 Å². The van der Waals surface area contributed by atoms with Crippen LogP contribution in [0, 0.1) is 6.92 Å². The summed E-state index contributed by atoms with van der Waals surface area (Å²) >= 11 is 6.01. The number of aromatic nitrogens is 2. The summed E-state index contributed by atoms with van der Waals surface area (Å²) in [6, 6.07) is 9.55. The Morgan fingerprint density at radius 3 is 2.81 bits per heavy atom. The van der Waals surface area contributed by atoms with E-state index >= 15 is 0 Å². The number of rotatable bonds is 3. The molecule has 3 rings (SSSR count). The first-order chi connectivity index (χ1) is 10.1. The molecule has 1 aliphatic rings. The molecule has 1 aromatic heterocycles. The molecule has 2 aromatic rings. The van der Waals surface area contributed by atoms with Crippen LogP contribution in [0.25, 0.3) is 5.69 Å². The Bertz CT molecular complexity index is 659. The molecule has 0 atom stereocenters. The zero-order chi connectivity index (χ0) is 14.8. The Kier molecular flexibility index (Phi) is 3.97. The highest BCUT2D eigenvalue weighted by Gasteiger charge is 2.20. The van der Waals surface area contributed by atoms with Crippen molar-refractivity contribution in [3.63, 3.8) is 0 Å². The van der Waals surface area contributed by atoms with Crippen LogP contribution in [-0.2, 0) is 0 Å². The molecule has 4 nitrogen and oxygen atoms in total. The third kappa shape index (κ3) is 3.10. The molecule has 21 heavy (non-hydrogen) atoms. The number of halogens is 1. The van der Waals surface area contributed by atoms with Gasteiger partial charge in [-0.1, -0.05) is 30.5 Å². The Hall–Kier alpha value is -1.81. The third-order valence-electron chi connectivity index (χ3n) is 3.86. The monoisotopic (exact) mass is 303 g/mol. The van der Waals surface area contributed by atoms with E-state index in [2.05, 4.69) is 10.4 Å². The molecule has 0 aliphatic heterocycles. The van der Waals surface area contributed by atoms with Gasteiger partial charge in [0.05, 0.1) is 5.69 Å². The molecule has 0 radical (unpaired) electrons. The van der Waals surface area contributed by atoms with E-state index in [4.69, 9.17) is 11.6 Å². The quantitative estimate of drug-likeness (QED) is 0.943. The number of carbonyl (C=O) groups is 1. The molecule has 1 amide bonds. The van der Waals surface area contributed by atoms with Crippen LogP contribution in [0.2, 0.25) is 5.02 Å². The van der Waals surface area contributed by atoms with Crippen LogP contribution in [0.4, 0.5) is 0 Å². The SMILES string of the molecule is Cc1cc(C(=O)NC2CCCC2)nn1-c1cccc(Cl)c1. The molecule has 1 N–H and O–H groups in total. The summed E-state index contributed by atoms with van der Waals surface area (Å²) in [6.07, 6.45) is 4.53. The van der Waals surface area contributed by atoms with Crippen LogP contribution in [0.5, 0.6) is 0 Å². The molecule has 5 heteroatoms. The number of nitrogens with one attached hydrogen (secondary N) is 1. The van der Waals surface area contributed by atoms with Crippen molar-refractivity contribution in [3.05, 3.63) is 46.7 Å². The third-order valence-corrected chi connectivity index (χ3v) is 4.10. The zero-order valence-corrected chi connectivity index (χ0v) is 12.7. The second kappa shape index (κ2) is 5.90. The fraction of sp³-hybridized carbons (Fsp3) is 0.375. The summed E-state index contributed by atoms with van der Waals surface area (Å²) in [7, 11) is 0. The lowest BCUT2D eigenvalue weighted by molar-refractivity contribution is 0.0932. The van der Waals surface area contributed by atoms with Crippen LogP contribution in [0.15, 0.2) is 30.3 Å². The molecule has 0 bridgehead atoms. The van der Waals surface area contributed by atoms with Gasteiger partial charge < -0.3 is 5.32 Å². The zero-order valence-electron chi connectivity index (χ0n) is 12.0. The van der Waals surface area contributed by atoms with Gasteiger partial charge in [0.2, 0.25) is 0 Å². The fourth-order valence-electron chi connectivity index (χ4n) is 2.78. The highest BCUT2D eigenvalue weighted by Crippen LogP contribution is 2.19. The van der Waals surface area contributed by atoms with E-state index in [1.807, 2.05) is 37.3 Å². The maximum absolute atomic E-state index is 12.3. The maximum Gasteiger partial charge on any atom is 0.272 e. The van der Waals surface area contributed by atoms with Crippen molar-refractivity contribution in [2.45, 2.75) is 38.6 Å². The van der Waals surface area contributed by atoms with Crippen LogP contribution >= 0.6 is 11.6 Å². The Labute approximate surface area is 129 Å². The van der Waals surface area contributed by atoms with E-state index in [0.717, 1.165) is 24.2 Å². The molecule has 0 unspecified atom stereocenters. The average molecular weight is 304 g/mol. The first kappa shape index (κ1) is 14.1. The van der Waals surface area contributed by atoms with Crippen molar-refractivity contribution in [2.75, 3.05) is 0 Å². The van der Waals surface area contributed by atoms with E-state index < -0.39 is 0 Å². The Balaban J connectivity index is 1.82. The van der Waals surface area contributed by atoms with E-state index in [9.17, 15) is 4.79 Å². The highest BCUT2D eigenvalue weighted by atomic mass is 35.5. The number of hydrogen-bond donors (Lipinski definition) is 1. The molecule has 1 fully saturated rings. The van der Waals surface area contributed by atoms with Gasteiger partial charge in [0.15, 0.2) is 5.69 Å². The van der Waals surface area contributed by atoms with Crippen molar-refractivity contribution in [1.29, 1.82) is 0 Å². The van der Waals surface area contributed by atoms with E-state index in [1.54, 1.807) is 4.68 Å². The first-order valence-corrected chi connectivity index (χ1v) is 7.65. The van der Waals surface area contributed by atoms with Crippen molar-refractivity contribution in [1.82, 2.24) is 15.1 Å². The van der Waals surface area contributed by atoms with Gasteiger partial charge in [-0.25, -0.2) is 4.68 Å². The molecule has 1 heterocycles. The minimum Gasteiger partial charge on any atom is -0.348 e. The predicted octanol–water partition coefficient (Wildman–Crippen LogP) is 3.51. The van der Waals surface area contributed by atoms with Crippen LogP contribution in [0.1, 0.15) is 41.9 Å². The van der Waals surface area contributed by atoms with Crippen LogP contribution in [-0.4, -0.2) is 21.7 Å². The first-order valence-electron chi connectivity index (χ1n) is 7.27. The van der Waals surface area contributed by atoms with Gasteiger partial charge in [-0.2, -0.15) is 5.10 Å². The van der Waals surface area contributed by atoms with E-state index in [1.165, 1.54) is 12.8 Å². The van der Waals surface area contributed by atoms with E-state index in [0.29, 0.717) is 16.8 Å². The average Bonchev–Trinajstić information content (AvgIpc) is 3.08. The minimum atomic E-state index is -0.0919. The van der Waals surface area contributed by atoms with Gasteiger partial charge in [0, 0.05) is 16.8 Å². The lowest BCUT2D eigenvalue weighted by Gasteiger charge is -2.10. The molecule has 1 saturated carbocycles. The summed E-state index contributed by atoms with van der Waals surface area (Å²) in [6.45, 7) is 1.93. The van der Waals surface area contributed by atoms with Gasteiger partial charge in [-0.05, 0) is 44.0 Å². The lowest BCUT2D eigenvalue weighted by Crippen LogP contribution is -2.32. The Morgan fingerprint density at radius 1 is 1.33 bits per heavy atom. The lowest BCUT2D eigenvalue weighted by atomic mass is 10.2. The number of carbonyl (C=O) groups excluding carboxylic acids is 1. The number of benzene rings is 1. The van der Waals surface area contributed by atoms with Crippen molar-refractivity contribution in [2.24, 2.45) is 0 Å². The fourth-order valence-corrected chi connectivity index (χ4v) is 2.97. The van der Waals surface area contributed by atoms with Gasteiger partial charge in [-0.15, -0.1) is 0 Å². The molecular weight excluding hydrogens is 286 g/mol. The normalized spacial score (nSPS) is 15.3. The molecule has 1 aromatic carbocycles. The molecule has 110 valence electrons. The standard InChI is InChI=1S/C16H18ClN3O/c1-11-9-15(16(21)18-13-6-2-3-7-13)19-20(11)14-8-4-5-12(17)10-14/h4-5,8-10,13H,2-3,6-7H2,1H3,(H,18,21). The largest absolute Gasteiger partial charge is 0.348 e. The second-order valence-electron chi connectivity index (χ2n) is 5.52. The maximum atomic E-state index is 12.3. The smallest absolute Gasteiger partial charge is 0.272 e. The van der Waals surface area contributed by atoms with Crippen molar-refractivity contribution >= 4 is 17.5 Å². The molecular formula is C16H18ClN3O. The Morgan fingerprint density at radius 2 is 2.10 bits per heavy atom. The minimum absolute atomic E-state index is 0.0919. The topological polar surface area (TPSA) is 46.9 Å². The highest BCUT2D eigenvalue weighted by molar-refractivity contribution is 6.30. The van der Waals surface area contributed by atoms with Gasteiger partial charge in [0.1, 0.15) is 0 Å². The van der Waals surface area contributed by atoms with Crippen molar-refractivity contribution in [3.8, 4) is 5.69 Å². The summed E-state index contributed by atoms with van der Waals surface area (Å²) in [5.74, 6) is -0.0919. The summed E-state index contributed by atoms with van der Waals surface area (Å²) in [5.41, 5.74) is 2.23.